The van der Waals surface area contributed by atoms with Gasteiger partial charge in [0, 0.05) is 48.8 Å². The van der Waals surface area contributed by atoms with Crippen LogP contribution in [0.4, 0.5) is 0 Å². The van der Waals surface area contributed by atoms with Crippen molar-refractivity contribution in [1.82, 2.24) is 14.9 Å². The minimum absolute atomic E-state index is 0.106. The van der Waals surface area contributed by atoms with Gasteiger partial charge in [-0.25, -0.2) is 4.98 Å². The molecule has 0 saturated heterocycles. The number of terminal acetylenes is 1. The monoisotopic (exact) mass is 425 g/mol. The van der Waals surface area contributed by atoms with Gasteiger partial charge in [0.2, 0.25) is 5.91 Å². The van der Waals surface area contributed by atoms with Crippen molar-refractivity contribution in [3.63, 3.8) is 0 Å². The lowest BCUT2D eigenvalue weighted by atomic mass is 9.94. The Kier molecular flexibility index (Phi) is 4.83. The second-order valence-electron chi connectivity index (χ2n) is 6.94. The Bertz CT molecular complexity index is 905. The first-order chi connectivity index (χ1) is 13.1. The van der Waals surface area contributed by atoms with Crippen molar-refractivity contribution in [3.05, 3.63) is 52.0 Å². The van der Waals surface area contributed by atoms with E-state index in [1.165, 1.54) is 0 Å². The highest BCUT2D eigenvalue weighted by molar-refractivity contribution is 9.10. The highest BCUT2D eigenvalue weighted by Crippen LogP contribution is 2.39. The summed E-state index contributed by atoms with van der Waals surface area (Å²) in [5.41, 5.74) is 2.66. The Morgan fingerprint density at radius 2 is 2.11 bits per heavy atom. The fourth-order valence-electron chi connectivity index (χ4n) is 3.65. The van der Waals surface area contributed by atoms with E-state index in [0.717, 1.165) is 34.3 Å². The number of carbonyl (C=O) groups excluding carboxylic acids is 1. The molecule has 0 radical (unpaired) electrons. The molecule has 0 bridgehead atoms. The Hall–Kier alpha value is -2.46. The third-order valence-corrected chi connectivity index (χ3v) is 5.75. The largest absolute Gasteiger partial charge is 0.348 e. The molecule has 0 aliphatic carbocycles. The molecular weight excluding hydrogens is 406 g/mol. The van der Waals surface area contributed by atoms with Gasteiger partial charge in [-0.2, -0.15) is 10.2 Å². The molecule has 6 nitrogen and oxygen atoms in total. The molecule has 0 spiro atoms. The van der Waals surface area contributed by atoms with E-state index in [9.17, 15) is 4.79 Å². The number of halogens is 1. The third kappa shape index (κ3) is 3.67. The number of nitrogens with zero attached hydrogens (tertiary/aromatic N) is 4. The van der Waals surface area contributed by atoms with E-state index in [1.807, 2.05) is 29.2 Å². The van der Waals surface area contributed by atoms with Crippen molar-refractivity contribution in [2.75, 3.05) is 6.54 Å². The van der Waals surface area contributed by atoms with E-state index in [1.54, 1.807) is 6.33 Å². The van der Waals surface area contributed by atoms with E-state index < -0.39 is 5.66 Å². The molecule has 2 aliphatic rings. The lowest BCUT2D eigenvalue weighted by Crippen LogP contribution is -2.41. The van der Waals surface area contributed by atoms with Crippen molar-refractivity contribution >= 4 is 21.8 Å². The standard InChI is InChI=1S/C20H20BrN5O/c1-2-3-10-20(24-25-20)11-8-17(27)26-12-9-16-18(23-13-22-16)19(26)14-4-6-15(21)7-5-14/h1,4-7,13,19H,3,8-12H2,(H,22,23). The molecule has 138 valence electrons. The minimum atomic E-state index is -0.428. The van der Waals surface area contributed by atoms with Crippen LogP contribution in [0.5, 0.6) is 0 Å². The van der Waals surface area contributed by atoms with Crippen molar-refractivity contribution in [2.45, 2.75) is 43.8 Å². The van der Waals surface area contributed by atoms with Crippen LogP contribution in [0.3, 0.4) is 0 Å². The molecule has 1 atom stereocenters. The molecule has 0 saturated carbocycles. The summed E-state index contributed by atoms with van der Waals surface area (Å²) in [6, 6.07) is 7.90. The fraction of sp³-hybridized carbons (Fsp3) is 0.400. The van der Waals surface area contributed by atoms with E-state index in [-0.39, 0.29) is 11.9 Å². The smallest absolute Gasteiger partial charge is 0.223 e. The number of benzene rings is 1. The number of aromatic nitrogens is 2. The van der Waals surface area contributed by atoms with Crippen LogP contribution in [0.1, 0.15) is 48.7 Å². The summed E-state index contributed by atoms with van der Waals surface area (Å²) in [5.74, 6) is 2.73. The predicted molar refractivity (Wildman–Crippen MR) is 105 cm³/mol. The SMILES string of the molecule is C#CCCC1(CCC(=O)N2CCc3[nH]cnc3C2c2ccc(Br)cc2)N=N1. The quantitative estimate of drug-likeness (QED) is 0.710. The van der Waals surface area contributed by atoms with Crippen LogP contribution in [-0.4, -0.2) is 33.0 Å². The average Bonchev–Trinajstić information content (AvgIpc) is 3.30. The molecule has 1 aromatic heterocycles. The average molecular weight is 426 g/mol. The maximum Gasteiger partial charge on any atom is 0.223 e. The van der Waals surface area contributed by atoms with Crippen LogP contribution < -0.4 is 0 Å². The molecule has 1 unspecified atom stereocenters. The molecule has 0 fully saturated rings. The number of hydrogen-bond donors (Lipinski definition) is 1. The Balaban J connectivity index is 1.53. The molecule has 7 heteroatoms. The summed E-state index contributed by atoms with van der Waals surface area (Å²) < 4.78 is 1.01. The first-order valence-corrected chi connectivity index (χ1v) is 9.86. The topological polar surface area (TPSA) is 73.7 Å². The van der Waals surface area contributed by atoms with Crippen molar-refractivity contribution < 1.29 is 4.79 Å². The lowest BCUT2D eigenvalue weighted by Gasteiger charge is -2.35. The van der Waals surface area contributed by atoms with E-state index in [4.69, 9.17) is 6.42 Å². The zero-order valence-corrected chi connectivity index (χ0v) is 16.4. The Labute approximate surface area is 166 Å². The van der Waals surface area contributed by atoms with Crippen LogP contribution in [0.15, 0.2) is 45.3 Å². The molecule has 2 aromatic rings. The first kappa shape index (κ1) is 17.9. The van der Waals surface area contributed by atoms with Crippen LogP contribution >= 0.6 is 15.9 Å². The molecule has 3 heterocycles. The number of nitrogens with one attached hydrogen (secondary N) is 1. The number of rotatable bonds is 6. The van der Waals surface area contributed by atoms with E-state index in [2.05, 4.69) is 42.0 Å². The Morgan fingerprint density at radius 3 is 2.81 bits per heavy atom. The van der Waals surface area contributed by atoms with Gasteiger partial charge in [0.25, 0.3) is 0 Å². The van der Waals surface area contributed by atoms with Crippen LogP contribution in [0.2, 0.25) is 0 Å². The maximum absolute atomic E-state index is 13.1. The van der Waals surface area contributed by atoms with Gasteiger partial charge in [-0.05, 0) is 17.7 Å². The van der Waals surface area contributed by atoms with Gasteiger partial charge in [-0.3, -0.25) is 4.79 Å². The van der Waals surface area contributed by atoms with Crippen molar-refractivity contribution in [3.8, 4) is 12.3 Å². The summed E-state index contributed by atoms with van der Waals surface area (Å²) in [5, 5.41) is 8.28. The van der Waals surface area contributed by atoms with Crippen LogP contribution in [0.25, 0.3) is 0 Å². The van der Waals surface area contributed by atoms with Gasteiger partial charge in [-0.15, -0.1) is 12.3 Å². The highest BCUT2D eigenvalue weighted by atomic mass is 79.9. The van der Waals surface area contributed by atoms with Gasteiger partial charge in [0.15, 0.2) is 5.66 Å². The molecule has 2 aliphatic heterocycles. The number of carbonyl (C=O) groups is 1. The predicted octanol–water partition coefficient (Wildman–Crippen LogP) is 4.00. The number of aromatic amines is 1. The third-order valence-electron chi connectivity index (χ3n) is 5.22. The summed E-state index contributed by atoms with van der Waals surface area (Å²) in [6.07, 6.45) is 10.2. The highest BCUT2D eigenvalue weighted by Gasteiger charge is 2.41. The van der Waals surface area contributed by atoms with E-state index >= 15 is 0 Å². The van der Waals surface area contributed by atoms with E-state index in [0.29, 0.717) is 25.8 Å². The van der Waals surface area contributed by atoms with Gasteiger partial charge in [0.05, 0.1) is 12.0 Å². The lowest BCUT2D eigenvalue weighted by molar-refractivity contribution is -0.133. The maximum atomic E-state index is 13.1. The van der Waals surface area contributed by atoms with Crippen molar-refractivity contribution in [2.24, 2.45) is 10.2 Å². The first-order valence-electron chi connectivity index (χ1n) is 9.06. The molecule has 4 rings (SSSR count). The van der Waals surface area contributed by atoms with Gasteiger partial charge in [0.1, 0.15) is 6.04 Å². The van der Waals surface area contributed by atoms with Crippen LogP contribution in [-0.2, 0) is 11.2 Å². The number of imidazole rings is 1. The van der Waals surface area contributed by atoms with Gasteiger partial charge in [-0.1, -0.05) is 28.1 Å². The van der Waals surface area contributed by atoms with Crippen LogP contribution in [0, 0.1) is 12.3 Å². The zero-order chi connectivity index (χ0) is 18.9. The summed E-state index contributed by atoms with van der Waals surface area (Å²) in [6.45, 7) is 0.667. The normalized spacial score (nSPS) is 19.4. The molecule has 1 aromatic carbocycles. The number of hydrogen-bond acceptors (Lipinski definition) is 4. The fourth-order valence-corrected chi connectivity index (χ4v) is 3.91. The van der Waals surface area contributed by atoms with Crippen molar-refractivity contribution in [1.29, 1.82) is 0 Å². The summed E-state index contributed by atoms with van der Waals surface area (Å²) >= 11 is 3.47. The zero-order valence-electron chi connectivity index (χ0n) is 14.9. The van der Waals surface area contributed by atoms with Gasteiger partial charge >= 0.3 is 0 Å². The summed E-state index contributed by atoms with van der Waals surface area (Å²) in [7, 11) is 0. The second kappa shape index (κ2) is 7.28. The number of fused-ring (bicyclic) bond motifs is 1. The molecular formula is C20H20BrN5O. The molecule has 1 amide bonds. The Morgan fingerprint density at radius 1 is 1.33 bits per heavy atom. The van der Waals surface area contributed by atoms with Gasteiger partial charge < -0.3 is 9.88 Å². The second-order valence-corrected chi connectivity index (χ2v) is 7.86. The number of H-pyrrole nitrogens is 1. The number of amides is 1. The molecule has 27 heavy (non-hydrogen) atoms. The minimum Gasteiger partial charge on any atom is -0.348 e. The molecule has 1 N–H and O–H groups in total. The summed E-state index contributed by atoms with van der Waals surface area (Å²) in [4.78, 5) is 22.7.